The maximum absolute atomic E-state index is 11.2. The monoisotopic (exact) mass is 232 g/mol. The Hall–Kier alpha value is -0.640. The summed E-state index contributed by atoms with van der Waals surface area (Å²) in [6, 6.07) is 0. The quantitative estimate of drug-likeness (QED) is 0.395. The summed E-state index contributed by atoms with van der Waals surface area (Å²) in [5.74, 6) is 0.795. The Bertz CT molecular complexity index is 281. The topological polar surface area (TPSA) is 29.3 Å². The largest absolute Gasteiger partial charge is 0.496 e. The van der Waals surface area contributed by atoms with E-state index in [1.807, 2.05) is 13.8 Å². The Morgan fingerprint density at radius 3 is 2.67 bits per heavy atom. The molecule has 1 rings (SSSR count). The predicted octanol–water partition coefficient (Wildman–Crippen LogP) is 2.32. The van der Waals surface area contributed by atoms with Gasteiger partial charge in [0.15, 0.2) is 0 Å². The molecule has 3 nitrogen and oxygen atoms in total. The van der Waals surface area contributed by atoms with Crippen LogP contribution in [-0.2, 0) is 4.74 Å². The molecule has 0 spiro atoms. The predicted molar refractivity (Wildman–Crippen MR) is 49.8 cm³/mol. The lowest BCUT2D eigenvalue weighted by Crippen LogP contribution is -2.20. The fraction of sp³-hybridized carbons (Fsp3) is 0.500. The van der Waals surface area contributed by atoms with Gasteiger partial charge in [0, 0.05) is 25.6 Å². The first-order valence-electron chi connectivity index (χ1n) is 3.61. The smallest absolute Gasteiger partial charge is 0.285 e. The lowest BCUT2D eigenvalue weighted by molar-refractivity contribution is -0.485. The zero-order valence-corrected chi connectivity index (χ0v) is 8.88. The fourth-order valence-corrected chi connectivity index (χ4v) is 1.57. The van der Waals surface area contributed by atoms with Gasteiger partial charge in [-0.15, -0.1) is 0 Å². The van der Waals surface area contributed by atoms with E-state index in [1.165, 1.54) is 6.20 Å². The van der Waals surface area contributed by atoms with Gasteiger partial charge in [0.05, 0.1) is 18.3 Å². The first-order valence-corrected chi connectivity index (χ1v) is 4.52. The Labute approximate surface area is 79.8 Å². The summed E-state index contributed by atoms with van der Waals surface area (Å²) in [5.41, 5.74) is 1.77. The minimum absolute atomic E-state index is 0.295. The second-order valence-electron chi connectivity index (χ2n) is 2.72. The Kier molecular flexibility index (Phi) is 2.67. The van der Waals surface area contributed by atoms with Crippen LogP contribution in [0.3, 0.4) is 0 Å². The second-order valence-corrected chi connectivity index (χ2v) is 3.59. The van der Waals surface area contributed by atoms with E-state index < -0.39 is 0 Å². The van der Waals surface area contributed by atoms with Gasteiger partial charge in [-0.05, 0) is 13.8 Å². The number of rotatable bonds is 1. The molecule has 1 unspecified atom stereocenters. The third-order valence-corrected chi connectivity index (χ3v) is 2.91. The van der Waals surface area contributed by atoms with E-state index in [9.17, 15) is 4.91 Å². The molecule has 0 saturated carbocycles. The third kappa shape index (κ3) is 1.43. The molecule has 4 heteroatoms. The average molecular weight is 233 g/mol. The molecule has 0 saturated heterocycles. The van der Waals surface area contributed by atoms with Crippen molar-refractivity contribution in [3.05, 3.63) is 28.0 Å². The molecule has 0 bridgehead atoms. The Balaban J connectivity index is 3.11. The molecule has 0 N–H and O–H groups in total. The normalized spacial score (nSPS) is 24.2. The molecule has 12 heavy (non-hydrogen) atoms. The van der Waals surface area contributed by atoms with Crippen LogP contribution in [0.15, 0.2) is 23.1 Å². The molecule has 1 atom stereocenters. The van der Waals surface area contributed by atoms with E-state index in [2.05, 4.69) is 15.9 Å². The molecule has 0 radical (unpaired) electrons. The zero-order chi connectivity index (χ0) is 9.30. The highest BCUT2D eigenvalue weighted by atomic mass is 79.9. The van der Waals surface area contributed by atoms with Crippen LogP contribution in [0.25, 0.3) is 0 Å². The number of ether oxygens (including phenoxy) is 1. The van der Waals surface area contributed by atoms with Crippen LogP contribution in [-0.4, -0.2) is 16.8 Å². The van der Waals surface area contributed by atoms with E-state index in [-0.39, 0.29) is 4.95 Å². The van der Waals surface area contributed by atoms with Gasteiger partial charge in [-0.1, -0.05) is 0 Å². The van der Waals surface area contributed by atoms with Crippen molar-refractivity contribution in [3.8, 4) is 0 Å². The van der Waals surface area contributed by atoms with Crippen LogP contribution in [0.2, 0.25) is 0 Å². The summed E-state index contributed by atoms with van der Waals surface area (Å²) in [6.45, 7) is 3.73. The highest BCUT2D eigenvalue weighted by Crippen LogP contribution is 2.27. The van der Waals surface area contributed by atoms with Crippen molar-refractivity contribution in [2.45, 2.75) is 18.8 Å². The molecular formula is C8H11BrNO2+. The number of alkyl halides is 1. The number of halogens is 1. The first kappa shape index (κ1) is 9.45. The third-order valence-electron chi connectivity index (χ3n) is 1.82. The molecule has 0 aromatic rings. The van der Waals surface area contributed by atoms with Gasteiger partial charge in [-0.3, -0.25) is 0 Å². The summed E-state index contributed by atoms with van der Waals surface area (Å²) in [7, 11) is 1.61. The lowest BCUT2D eigenvalue weighted by Gasteiger charge is -2.13. The van der Waals surface area contributed by atoms with E-state index in [0.717, 1.165) is 21.7 Å². The van der Waals surface area contributed by atoms with Crippen molar-refractivity contribution in [3.63, 3.8) is 0 Å². The minimum Gasteiger partial charge on any atom is -0.496 e. The molecule has 66 valence electrons. The van der Waals surface area contributed by atoms with Crippen molar-refractivity contribution in [1.29, 1.82) is 0 Å². The van der Waals surface area contributed by atoms with Crippen molar-refractivity contribution >= 4 is 15.9 Å². The van der Waals surface area contributed by atoms with Crippen molar-refractivity contribution in [1.82, 2.24) is 0 Å². The Morgan fingerprint density at radius 1 is 1.58 bits per heavy atom. The number of methoxy groups -OCH3 is 1. The van der Waals surface area contributed by atoms with Gasteiger partial charge in [0.2, 0.25) is 6.20 Å². The number of hydrogen-bond acceptors (Lipinski definition) is 2. The molecular weight excluding hydrogens is 222 g/mol. The SMILES string of the molecule is COC1=C(C)C(Br)[N+](=O)C=C1C. The average Bonchev–Trinajstić information content (AvgIpc) is 2.01. The summed E-state index contributed by atoms with van der Waals surface area (Å²) in [5, 5.41) is 0. The maximum atomic E-state index is 11.2. The minimum atomic E-state index is -0.295. The Morgan fingerprint density at radius 2 is 2.17 bits per heavy atom. The van der Waals surface area contributed by atoms with Crippen molar-refractivity contribution in [2.75, 3.05) is 7.11 Å². The lowest BCUT2D eigenvalue weighted by atomic mass is 10.1. The number of allylic oxidation sites excluding steroid dienone is 1. The van der Waals surface area contributed by atoms with E-state index >= 15 is 0 Å². The first-order chi connectivity index (χ1) is 5.57. The fourth-order valence-electron chi connectivity index (χ4n) is 1.25. The summed E-state index contributed by atoms with van der Waals surface area (Å²) < 4.78 is 6.02. The molecule has 0 aromatic carbocycles. The molecule has 0 fully saturated rings. The molecule has 0 amide bonds. The second kappa shape index (κ2) is 3.39. The summed E-state index contributed by atoms with van der Waals surface area (Å²) in [6.07, 6.45) is 1.52. The van der Waals surface area contributed by atoms with Gasteiger partial charge in [0.25, 0.3) is 4.95 Å². The highest BCUT2D eigenvalue weighted by Gasteiger charge is 2.31. The zero-order valence-electron chi connectivity index (χ0n) is 7.30. The van der Waals surface area contributed by atoms with Crippen LogP contribution >= 0.6 is 15.9 Å². The van der Waals surface area contributed by atoms with Crippen LogP contribution in [0.5, 0.6) is 0 Å². The van der Waals surface area contributed by atoms with Gasteiger partial charge < -0.3 is 4.74 Å². The molecule has 1 heterocycles. The van der Waals surface area contributed by atoms with Crippen molar-refractivity contribution < 1.29 is 9.50 Å². The van der Waals surface area contributed by atoms with Crippen LogP contribution in [0, 0.1) is 4.91 Å². The summed E-state index contributed by atoms with van der Waals surface area (Å²) >= 11 is 3.26. The molecule has 1 aliphatic heterocycles. The maximum Gasteiger partial charge on any atom is 0.285 e. The van der Waals surface area contributed by atoms with Gasteiger partial charge >= 0.3 is 0 Å². The summed E-state index contributed by atoms with van der Waals surface area (Å²) in [4.78, 5) is 10.9. The van der Waals surface area contributed by atoms with E-state index in [4.69, 9.17) is 4.74 Å². The number of nitrogens with zero attached hydrogens (tertiary/aromatic N) is 1. The van der Waals surface area contributed by atoms with Crippen LogP contribution in [0.1, 0.15) is 13.8 Å². The van der Waals surface area contributed by atoms with Crippen LogP contribution < -0.4 is 0 Å². The number of hydrogen-bond donors (Lipinski definition) is 0. The van der Waals surface area contributed by atoms with Gasteiger partial charge in [-0.25, -0.2) is 0 Å². The van der Waals surface area contributed by atoms with Crippen molar-refractivity contribution in [2.24, 2.45) is 0 Å². The number of nitroso groups, excluding NO2 is 1. The highest BCUT2D eigenvalue weighted by molar-refractivity contribution is 9.09. The van der Waals surface area contributed by atoms with E-state index in [0.29, 0.717) is 0 Å². The molecule has 0 aromatic heterocycles. The molecule has 0 aliphatic carbocycles. The standard InChI is InChI=1S/C8H11BrNO2/c1-5-4-10(11)8(9)6(2)7(5)12-3/h4,8H,1-3H3/q+1. The van der Waals surface area contributed by atoms with Crippen LogP contribution in [0.4, 0.5) is 0 Å². The van der Waals surface area contributed by atoms with E-state index in [1.54, 1.807) is 7.11 Å². The molecule has 1 aliphatic rings. The van der Waals surface area contributed by atoms with Gasteiger partial charge in [-0.2, -0.15) is 0 Å². The van der Waals surface area contributed by atoms with Gasteiger partial charge in [0.1, 0.15) is 5.76 Å².